The number of benzene rings is 1. The average Bonchev–Trinajstić information content (AvgIpc) is 2.42. The van der Waals surface area contributed by atoms with Crippen LogP contribution in [0.25, 0.3) is 0 Å². The molecule has 3 nitrogen and oxygen atoms in total. The lowest BCUT2D eigenvalue weighted by Gasteiger charge is -2.08. The lowest BCUT2D eigenvalue weighted by molar-refractivity contribution is 0.300. The van der Waals surface area contributed by atoms with Gasteiger partial charge in [0, 0.05) is 24.8 Å². The van der Waals surface area contributed by atoms with Gasteiger partial charge in [0.15, 0.2) is 0 Å². The molecule has 18 heavy (non-hydrogen) atoms. The molecule has 0 bridgehead atoms. The third kappa shape index (κ3) is 3.86. The van der Waals surface area contributed by atoms with Gasteiger partial charge in [0.25, 0.3) is 0 Å². The van der Waals surface area contributed by atoms with Crippen LogP contribution in [0.15, 0.2) is 48.7 Å². The van der Waals surface area contributed by atoms with E-state index in [1.807, 2.05) is 37.3 Å². The summed E-state index contributed by atoms with van der Waals surface area (Å²) >= 11 is 0. The Kier molecular flexibility index (Phi) is 4.73. The van der Waals surface area contributed by atoms with Crippen LogP contribution in [0.3, 0.4) is 0 Å². The fourth-order valence-corrected chi connectivity index (χ4v) is 1.67. The van der Waals surface area contributed by atoms with Gasteiger partial charge in [-0.1, -0.05) is 36.4 Å². The molecule has 0 radical (unpaired) electrons. The van der Waals surface area contributed by atoms with Crippen molar-refractivity contribution in [3.63, 3.8) is 0 Å². The Balaban J connectivity index is 1.66. The maximum absolute atomic E-state index is 5.60. The molecule has 94 valence electrons. The van der Waals surface area contributed by atoms with Gasteiger partial charge >= 0.3 is 0 Å². The molecule has 0 atom stereocenters. The van der Waals surface area contributed by atoms with E-state index in [0.29, 0.717) is 6.61 Å². The molecule has 0 amide bonds. The molecule has 0 fully saturated rings. The van der Waals surface area contributed by atoms with Crippen molar-refractivity contribution in [3.05, 3.63) is 59.8 Å². The molecule has 0 aliphatic rings. The maximum Gasteiger partial charge on any atom is 0.216 e. The standard InChI is InChI=1S/C15H18N2O/c1-13-6-5-9-17-15(13)18-11-10-16-12-14-7-3-2-4-8-14/h2-9,16H,10-12H2,1H3. The van der Waals surface area contributed by atoms with Crippen LogP contribution in [-0.2, 0) is 6.54 Å². The fourth-order valence-electron chi connectivity index (χ4n) is 1.67. The van der Waals surface area contributed by atoms with Crippen molar-refractivity contribution >= 4 is 0 Å². The van der Waals surface area contributed by atoms with Gasteiger partial charge < -0.3 is 10.1 Å². The number of aromatic nitrogens is 1. The Morgan fingerprint density at radius 2 is 1.94 bits per heavy atom. The SMILES string of the molecule is Cc1cccnc1OCCNCc1ccccc1. The smallest absolute Gasteiger partial charge is 0.216 e. The number of pyridine rings is 1. The number of hydrogen-bond donors (Lipinski definition) is 1. The second-order valence-corrected chi connectivity index (χ2v) is 4.14. The summed E-state index contributed by atoms with van der Waals surface area (Å²) in [5.74, 6) is 0.721. The van der Waals surface area contributed by atoms with Crippen LogP contribution in [0.1, 0.15) is 11.1 Å². The van der Waals surface area contributed by atoms with Crippen molar-refractivity contribution in [2.75, 3.05) is 13.2 Å². The van der Waals surface area contributed by atoms with Crippen molar-refractivity contribution in [2.45, 2.75) is 13.5 Å². The molecule has 0 aliphatic heterocycles. The molecule has 0 saturated carbocycles. The van der Waals surface area contributed by atoms with Gasteiger partial charge in [-0.05, 0) is 18.6 Å². The Bertz CT molecular complexity index is 471. The van der Waals surface area contributed by atoms with E-state index >= 15 is 0 Å². The number of nitrogens with zero attached hydrogens (tertiary/aromatic N) is 1. The van der Waals surface area contributed by atoms with Crippen LogP contribution < -0.4 is 10.1 Å². The van der Waals surface area contributed by atoms with E-state index in [9.17, 15) is 0 Å². The summed E-state index contributed by atoms with van der Waals surface area (Å²) in [5.41, 5.74) is 2.35. The highest BCUT2D eigenvalue weighted by molar-refractivity contribution is 5.23. The summed E-state index contributed by atoms with van der Waals surface area (Å²) in [6, 6.07) is 14.2. The van der Waals surface area contributed by atoms with Crippen LogP contribution in [0, 0.1) is 6.92 Å². The number of hydrogen-bond acceptors (Lipinski definition) is 3. The molecular formula is C15H18N2O. The predicted octanol–water partition coefficient (Wildman–Crippen LogP) is 2.56. The zero-order valence-corrected chi connectivity index (χ0v) is 10.6. The molecule has 0 unspecified atom stereocenters. The van der Waals surface area contributed by atoms with E-state index in [1.54, 1.807) is 6.20 Å². The van der Waals surface area contributed by atoms with Gasteiger partial charge in [-0.25, -0.2) is 4.98 Å². The Hall–Kier alpha value is -1.87. The van der Waals surface area contributed by atoms with Gasteiger partial charge in [-0.2, -0.15) is 0 Å². The predicted molar refractivity (Wildman–Crippen MR) is 72.6 cm³/mol. The van der Waals surface area contributed by atoms with Crippen molar-refractivity contribution in [1.29, 1.82) is 0 Å². The van der Waals surface area contributed by atoms with Crippen LogP contribution in [-0.4, -0.2) is 18.1 Å². The summed E-state index contributed by atoms with van der Waals surface area (Å²) in [4.78, 5) is 4.18. The number of nitrogens with one attached hydrogen (secondary N) is 1. The minimum absolute atomic E-state index is 0.630. The highest BCUT2D eigenvalue weighted by Gasteiger charge is 1.98. The summed E-state index contributed by atoms with van der Waals surface area (Å²) in [5, 5.41) is 3.34. The van der Waals surface area contributed by atoms with Crippen LogP contribution in [0.5, 0.6) is 5.88 Å². The summed E-state index contributed by atoms with van der Waals surface area (Å²) < 4.78 is 5.60. The molecular weight excluding hydrogens is 224 g/mol. The van der Waals surface area contributed by atoms with Crippen molar-refractivity contribution in [1.82, 2.24) is 10.3 Å². The summed E-state index contributed by atoms with van der Waals surface area (Å²) in [6.45, 7) is 4.31. The molecule has 1 aromatic heterocycles. The quantitative estimate of drug-likeness (QED) is 0.790. The summed E-state index contributed by atoms with van der Waals surface area (Å²) in [7, 11) is 0. The first-order chi connectivity index (χ1) is 8.86. The average molecular weight is 242 g/mol. The Labute approximate surface area is 108 Å². The van der Waals surface area contributed by atoms with Crippen molar-refractivity contribution in [3.8, 4) is 5.88 Å². The van der Waals surface area contributed by atoms with E-state index < -0.39 is 0 Å². The van der Waals surface area contributed by atoms with E-state index in [4.69, 9.17) is 4.74 Å². The first kappa shape index (κ1) is 12.6. The van der Waals surface area contributed by atoms with Crippen LogP contribution >= 0.6 is 0 Å². The zero-order chi connectivity index (χ0) is 12.6. The van der Waals surface area contributed by atoms with Crippen molar-refractivity contribution < 1.29 is 4.74 Å². The Morgan fingerprint density at radius 3 is 2.72 bits per heavy atom. The highest BCUT2D eigenvalue weighted by Crippen LogP contribution is 2.11. The van der Waals surface area contributed by atoms with Crippen molar-refractivity contribution in [2.24, 2.45) is 0 Å². The third-order valence-corrected chi connectivity index (χ3v) is 2.65. The lowest BCUT2D eigenvalue weighted by atomic mass is 10.2. The van der Waals surface area contributed by atoms with Crippen LogP contribution in [0.4, 0.5) is 0 Å². The number of rotatable bonds is 6. The summed E-state index contributed by atoms with van der Waals surface area (Å²) in [6.07, 6.45) is 1.75. The first-order valence-electron chi connectivity index (χ1n) is 6.15. The van der Waals surface area contributed by atoms with Crippen LogP contribution in [0.2, 0.25) is 0 Å². The molecule has 2 rings (SSSR count). The van der Waals surface area contributed by atoms with E-state index in [2.05, 4.69) is 22.4 Å². The minimum atomic E-state index is 0.630. The first-order valence-corrected chi connectivity index (χ1v) is 6.15. The second kappa shape index (κ2) is 6.77. The number of aryl methyl sites for hydroxylation is 1. The zero-order valence-electron chi connectivity index (χ0n) is 10.6. The molecule has 1 N–H and O–H groups in total. The third-order valence-electron chi connectivity index (χ3n) is 2.65. The van der Waals surface area contributed by atoms with Gasteiger partial charge in [0.1, 0.15) is 6.61 Å². The largest absolute Gasteiger partial charge is 0.476 e. The van der Waals surface area contributed by atoms with Gasteiger partial charge in [-0.15, -0.1) is 0 Å². The number of ether oxygens (including phenoxy) is 1. The molecule has 0 aliphatic carbocycles. The topological polar surface area (TPSA) is 34.1 Å². The van der Waals surface area contributed by atoms with Gasteiger partial charge in [0.05, 0.1) is 0 Å². The minimum Gasteiger partial charge on any atom is -0.476 e. The molecule has 0 saturated heterocycles. The maximum atomic E-state index is 5.60. The molecule has 0 spiro atoms. The molecule has 3 heteroatoms. The highest BCUT2D eigenvalue weighted by atomic mass is 16.5. The molecule has 1 heterocycles. The molecule has 2 aromatic rings. The van der Waals surface area contributed by atoms with E-state index in [1.165, 1.54) is 5.56 Å². The van der Waals surface area contributed by atoms with E-state index in [0.717, 1.165) is 24.5 Å². The monoisotopic (exact) mass is 242 g/mol. The van der Waals surface area contributed by atoms with E-state index in [-0.39, 0.29) is 0 Å². The normalized spacial score (nSPS) is 10.3. The van der Waals surface area contributed by atoms with Gasteiger partial charge in [0.2, 0.25) is 5.88 Å². The van der Waals surface area contributed by atoms with Gasteiger partial charge in [-0.3, -0.25) is 0 Å². The lowest BCUT2D eigenvalue weighted by Crippen LogP contribution is -2.20. The second-order valence-electron chi connectivity index (χ2n) is 4.14. The molecule has 1 aromatic carbocycles. The Morgan fingerprint density at radius 1 is 1.11 bits per heavy atom. The fraction of sp³-hybridized carbons (Fsp3) is 0.267.